The Morgan fingerprint density at radius 3 is 2.71 bits per heavy atom. The Hall–Kier alpha value is 0.0900. The van der Waals surface area contributed by atoms with Gasteiger partial charge in [0.2, 0.25) is 0 Å². The van der Waals surface area contributed by atoms with E-state index >= 15 is 0 Å². The molecule has 1 aliphatic carbocycles. The van der Waals surface area contributed by atoms with Crippen LogP contribution in [0.4, 0.5) is 0 Å². The smallest absolute Gasteiger partial charge is 0.206 e. The van der Waals surface area contributed by atoms with E-state index in [1.54, 1.807) is 17.5 Å². The van der Waals surface area contributed by atoms with Crippen molar-refractivity contribution in [2.45, 2.75) is 22.6 Å². The lowest BCUT2D eigenvalue weighted by molar-refractivity contribution is 0.563. The molecule has 0 radical (unpaired) electrons. The van der Waals surface area contributed by atoms with Gasteiger partial charge in [-0.05, 0) is 24.3 Å². The summed E-state index contributed by atoms with van der Waals surface area (Å²) >= 11 is 4.57. The molecular weight excluding hydrogens is 286 g/mol. The van der Waals surface area contributed by atoms with Gasteiger partial charge in [-0.25, -0.2) is 13.1 Å². The highest BCUT2D eigenvalue weighted by atomic mass is 79.9. The van der Waals surface area contributed by atoms with Crippen molar-refractivity contribution in [3.63, 3.8) is 0 Å². The Morgan fingerprint density at radius 2 is 2.29 bits per heavy atom. The maximum Gasteiger partial charge on any atom is 0.250 e. The Morgan fingerprint density at radius 1 is 1.57 bits per heavy atom. The van der Waals surface area contributed by atoms with E-state index in [9.17, 15) is 8.42 Å². The summed E-state index contributed by atoms with van der Waals surface area (Å²) in [5.41, 5.74) is -0.219. The third-order valence-corrected chi connectivity index (χ3v) is 6.27. The standard InChI is InChI=1S/C8H10BrNO2S2/c9-6-8(3-4-8)10-14(11,12)7-2-1-5-13-7/h1-2,5,10H,3-4,6H2. The lowest BCUT2D eigenvalue weighted by atomic mass is 10.4. The normalized spacial score (nSPS) is 19.5. The average molecular weight is 296 g/mol. The molecule has 1 N–H and O–H groups in total. The first-order valence-corrected chi connectivity index (χ1v) is 7.70. The molecule has 0 aliphatic heterocycles. The molecule has 3 nitrogen and oxygen atoms in total. The summed E-state index contributed by atoms with van der Waals surface area (Å²) in [7, 11) is -3.29. The SMILES string of the molecule is O=S(=O)(NC1(CBr)CC1)c1cccs1. The van der Waals surface area contributed by atoms with Gasteiger partial charge in [0.05, 0.1) is 0 Å². The van der Waals surface area contributed by atoms with Crippen LogP contribution < -0.4 is 4.72 Å². The minimum Gasteiger partial charge on any atom is -0.206 e. The summed E-state index contributed by atoms with van der Waals surface area (Å²) in [6, 6.07) is 3.37. The van der Waals surface area contributed by atoms with Crippen LogP contribution >= 0.6 is 27.3 Å². The van der Waals surface area contributed by atoms with Crippen LogP contribution in [0.3, 0.4) is 0 Å². The zero-order chi connectivity index (χ0) is 10.2. The number of halogens is 1. The van der Waals surface area contributed by atoms with Gasteiger partial charge >= 0.3 is 0 Å². The molecule has 1 aliphatic rings. The molecule has 2 rings (SSSR count). The largest absolute Gasteiger partial charge is 0.250 e. The average Bonchev–Trinajstić information content (AvgIpc) is 2.70. The van der Waals surface area contributed by atoms with Crippen LogP contribution in [0.15, 0.2) is 21.7 Å². The van der Waals surface area contributed by atoms with Crippen molar-refractivity contribution in [2.24, 2.45) is 0 Å². The van der Waals surface area contributed by atoms with Gasteiger partial charge in [-0.15, -0.1) is 11.3 Å². The summed E-state index contributed by atoms with van der Waals surface area (Å²) in [5, 5.41) is 2.45. The van der Waals surface area contributed by atoms with Crippen LogP contribution in [-0.4, -0.2) is 19.3 Å². The van der Waals surface area contributed by atoms with E-state index in [2.05, 4.69) is 20.7 Å². The molecule has 14 heavy (non-hydrogen) atoms. The van der Waals surface area contributed by atoms with Crippen LogP contribution in [0.1, 0.15) is 12.8 Å². The molecule has 6 heteroatoms. The first kappa shape index (κ1) is 10.6. The van der Waals surface area contributed by atoms with Crippen LogP contribution in [0.5, 0.6) is 0 Å². The molecule has 0 aromatic carbocycles. The van der Waals surface area contributed by atoms with Crippen molar-refractivity contribution >= 4 is 37.3 Å². The second-order valence-electron chi connectivity index (χ2n) is 3.45. The number of sulfonamides is 1. The van der Waals surface area contributed by atoms with E-state index in [4.69, 9.17) is 0 Å². The summed E-state index contributed by atoms with van der Waals surface area (Å²) in [4.78, 5) is 0. The van der Waals surface area contributed by atoms with E-state index < -0.39 is 10.0 Å². The first-order valence-electron chi connectivity index (χ1n) is 4.21. The molecule has 1 aromatic heterocycles. The minimum atomic E-state index is -3.29. The van der Waals surface area contributed by atoms with Crippen molar-refractivity contribution in [1.82, 2.24) is 4.72 Å². The molecule has 1 fully saturated rings. The Balaban J connectivity index is 2.19. The highest BCUT2D eigenvalue weighted by molar-refractivity contribution is 9.09. The second-order valence-corrected chi connectivity index (χ2v) is 6.87. The van der Waals surface area contributed by atoms with Crippen molar-refractivity contribution in [2.75, 3.05) is 5.33 Å². The number of hydrogen-bond acceptors (Lipinski definition) is 3. The van der Waals surface area contributed by atoms with Crippen molar-refractivity contribution < 1.29 is 8.42 Å². The van der Waals surface area contributed by atoms with Crippen molar-refractivity contribution in [3.8, 4) is 0 Å². The van der Waals surface area contributed by atoms with Gasteiger partial charge in [0.15, 0.2) is 0 Å². The van der Waals surface area contributed by atoms with E-state index in [0.29, 0.717) is 9.54 Å². The fourth-order valence-corrected chi connectivity index (χ4v) is 4.50. The van der Waals surface area contributed by atoms with Crippen LogP contribution in [-0.2, 0) is 10.0 Å². The summed E-state index contributed by atoms with van der Waals surface area (Å²) < 4.78 is 26.7. The number of nitrogens with one attached hydrogen (secondary N) is 1. The number of thiophene rings is 1. The topological polar surface area (TPSA) is 46.2 Å². The van der Waals surface area contributed by atoms with Crippen molar-refractivity contribution in [1.29, 1.82) is 0 Å². The van der Waals surface area contributed by atoms with Gasteiger partial charge in [-0.2, -0.15) is 0 Å². The molecule has 1 saturated carbocycles. The van der Waals surface area contributed by atoms with Gasteiger partial charge < -0.3 is 0 Å². The van der Waals surface area contributed by atoms with Gasteiger partial charge in [-0.3, -0.25) is 0 Å². The van der Waals surface area contributed by atoms with Crippen LogP contribution in [0.2, 0.25) is 0 Å². The molecule has 0 bridgehead atoms. The summed E-state index contributed by atoms with van der Waals surface area (Å²) in [5.74, 6) is 0. The van der Waals surface area contributed by atoms with Gasteiger partial charge in [0.1, 0.15) is 4.21 Å². The predicted octanol–water partition coefficient (Wildman–Crippen LogP) is 1.95. The summed E-state index contributed by atoms with van der Waals surface area (Å²) in [6.45, 7) is 0. The quantitative estimate of drug-likeness (QED) is 0.863. The zero-order valence-electron chi connectivity index (χ0n) is 7.36. The molecule has 0 saturated heterocycles. The monoisotopic (exact) mass is 295 g/mol. The van der Waals surface area contributed by atoms with Gasteiger partial charge in [0.25, 0.3) is 10.0 Å². The Bertz CT molecular complexity index is 409. The Kier molecular flexibility index (Phi) is 2.72. The molecule has 0 unspecified atom stereocenters. The summed E-state index contributed by atoms with van der Waals surface area (Å²) in [6.07, 6.45) is 1.84. The molecule has 1 aromatic rings. The predicted molar refractivity (Wildman–Crippen MR) is 60.4 cm³/mol. The van der Waals surface area contributed by atoms with E-state index in [1.807, 2.05) is 0 Å². The van der Waals surface area contributed by atoms with E-state index in [-0.39, 0.29) is 5.54 Å². The molecule has 78 valence electrons. The first-order chi connectivity index (χ1) is 6.58. The lowest BCUT2D eigenvalue weighted by Gasteiger charge is -2.12. The third-order valence-electron chi connectivity index (χ3n) is 2.22. The fraction of sp³-hybridized carbons (Fsp3) is 0.500. The molecular formula is C8H10BrNO2S2. The van der Waals surface area contributed by atoms with Crippen molar-refractivity contribution in [3.05, 3.63) is 17.5 Å². The highest BCUT2D eigenvalue weighted by Gasteiger charge is 2.45. The van der Waals surface area contributed by atoms with Crippen LogP contribution in [0.25, 0.3) is 0 Å². The number of rotatable bonds is 4. The number of alkyl halides is 1. The lowest BCUT2D eigenvalue weighted by Crippen LogP contribution is -2.37. The molecule has 0 spiro atoms. The minimum absolute atomic E-state index is 0.219. The van der Waals surface area contributed by atoms with E-state index in [0.717, 1.165) is 12.8 Å². The second kappa shape index (κ2) is 3.59. The highest BCUT2D eigenvalue weighted by Crippen LogP contribution is 2.38. The maximum absolute atomic E-state index is 11.8. The molecule has 1 heterocycles. The maximum atomic E-state index is 11.8. The molecule has 0 amide bonds. The van der Waals surface area contributed by atoms with E-state index in [1.165, 1.54) is 11.3 Å². The zero-order valence-corrected chi connectivity index (χ0v) is 10.6. The van der Waals surface area contributed by atoms with Gasteiger partial charge in [0, 0.05) is 10.9 Å². The van der Waals surface area contributed by atoms with Gasteiger partial charge in [-0.1, -0.05) is 22.0 Å². The van der Waals surface area contributed by atoms with Crippen LogP contribution in [0, 0.1) is 0 Å². The number of hydrogen-bond donors (Lipinski definition) is 1. The molecule has 0 atom stereocenters. The third kappa shape index (κ3) is 2.03. The Labute approximate surface area is 95.7 Å². The fourth-order valence-electron chi connectivity index (χ4n) is 1.17.